The molecule has 0 unspecified atom stereocenters. The molecule has 0 saturated carbocycles. The van der Waals surface area contributed by atoms with Crippen molar-refractivity contribution in [2.75, 3.05) is 26.4 Å². The number of carbonyl (C=O) groups excluding carboxylic acids is 1. The van der Waals surface area contributed by atoms with Gasteiger partial charge in [-0.1, -0.05) is 12.1 Å². The number of benzene rings is 1. The average Bonchev–Trinajstić information content (AvgIpc) is 3.34. The predicted octanol–water partition coefficient (Wildman–Crippen LogP) is 2.31. The number of nitrogens with zero attached hydrogens (tertiary/aromatic N) is 2. The zero-order valence-electron chi connectivity index (χ0n) is 14.7. The van der Waals surface area contributed by atoms with E-state index < -0.39 is 0 Å². The van der Waals surface area contributed by atoms with Crippen LogP contribution in [0.25, 0.3) is 0 Å². The number of rotatable bonds is 6. The Balaban J connectivity index is 1.38. The SMILES string of the molecule is O=C(NCCc1ccc2c(c1)OCO2)[C@H](c1cccnc1)N1CCCC1. The fourth-order valence-electron chi connectivity index (χ4n) is 3.59. The number of amides is 1. The summed E-state index contributed by atoms with van der Waals surface area (Å²) in [5, 5.41) is 3.09. The summed E-state index contributed by atoms with van der Waals surface area (Å²) in [6.07, 6.45) is 6.56. The van der Waals surface area contributed by atoms with Gasteiger partial charge in [-0.3, -0.25) is 14.7 Å². The molecule has 2 aromatic rings. The van der Waals surface area contributed by atoms with Crippen LogP contribution in [0.5, 0.6) is 11.5 Å². The van der Waals surface area contributed by atoms with E-state index in [1.165, 1.54) is 0 Å². The first-order valence-corrected chi connectivity index (χ1v) is 9.11. The van der Waals surface area contributed by atoms with E-state index in [1.54, 1.807) is 12.4 Å². The maximum atomic E-state index is 12.9. The van der Waals surface area contributed by atoms with Crippen molar-refractivity contribution in [1.29, 1.82) is 0 Å². The highest BCUT2D eigenvalue weighted by Crippen LogP contribution is 2.32. The van der Waals surface area contributed by atoms with Crippen molar-refractivity contribution in [3.05, 3.63) is 53.9 Å². The van der Waals surface area contributed by atoms with E-state index in [0.29, 0.717) is 6.54 Å². The van der Waals surface area contributed by atoms with Crippen LogP contribution in [-0.2, 0) is 11.2 Å². The second-order valence-corrected chi connectivity index (χ2v) is 6.66. The van der Waals surface area contributed by atoms with Gasteiger partial charge in [0.15, 0.2) is 11.5 Å². The van der Waals surface area contributed by atoms with Gasteiger partial charge < -0.3 is 14.8 Å². The molecule has 2 aliphatic heterocycles. The number of carbonyl (C=O) groups is 1. The van der Waals surface area contributed by atoms with Gasteiger partial charge in [0.25, 0.3) is 0 Å². The quantitative estimate of drug-likeness (QED) is 0.863. The molecule has 2 aliphatic rings. The lowest BCUT2D eigenvalue weighted by atomic mass is 10.1. The molecule has 0 bridgehead atoms. The molecule has 6 heteroatoms. The normalized spacial score (nSPS) is 17.2. The van der Waals surface area contributed by atoms with E-state index in [0.717, 1.165) is 55.0 Å². The lowest BCUT2D eigenvalue weighted by Crippen LogP contribution is -2.40. The number of aromatic nitrogens is 1. The Labute approximate surface area is 153 Å². The Morgan fingerprint density at radius 1 is 1.19 bits per heavy atom. The highest BCUT2D eigenvalue weighted by Gasteiger charge is 2.29. The second kappa shape index (κ2) is 7.74. The second-order valence-electron chi connectivity index (χ2n) is 6.66. The fraction of sp³-hybridized carbons (Fsp3) is 0.400. The first-order chi connectivity index (χ1) is 12.8. The minimum atomic E-state index is -0.261. The molecule has 1 fully saturated rings. The van der Waals surface area contributed by atoms with Gasteiger partial charge in [-0.05, 0) is 61.7 Å². The third kappa shape index (κ3) is 3.65. The summed E-state index contributed by atoms with van der Waals surface area (Å²) >= 11 is 0. The van der Waals surface area contributed by atoms with Crippen molar-refractivity contribution >= 4 is 5.91 Å². The Morgan fingerprint density at radius 2 is 2.04 bits per heavy atom. The highest BCUT2D eigenvalue weighted by molar-refractivity contribution is 5.83. The zero-order valence-corrected chi connectivity index (χ0v) is 14.7. The predicted molar refractivity (Wildman–Crippen MR) is 97.1 cm³/mol. The van der Waals surface area contributed by atoms with E-state index in [-0.39, 0.29) is 18.7 Å². The van der Waals surface area contributed by atoms with Gasteiger partial charge in [-0.15, -0.1) is 0 Å². The van der Waals surface area contributed by atoms with Crippen molar-refractivity contribution in [1.82, 2.24) is 15.2 Å². The number of nitrogens with one attached hydrogen (secondary N) is 1. The van der Waals surface area contributed by atoms with Gasteiger partial charge in [0, 0.05) is 18.9 Å². The van der Waals surface area contributed by atoms with Crippen LogP contribution < -0.4 is 14.8 Å². The molecule has 4 rings (SSSR count). The van der Waals surface area contributed by atoms with Crippen LogP contribution in [0, 0.1) is 0 Å². The molecule has 1 aromatic heterocycles. The molecule has 0 aliphatic carbocycles. The largest absolute Gasteiger partial charge is 0.454 e. The Kier molecular flexibility index (Phi) is 5.02. The first-order valence-electron chi connectivity index (χ1n) is 9.11. The van der Waals surface area contributed by atoms with Gasteiger partial charge in [0.2, 0.25) is 12.7 Å². The standard InChI is InChI=1S/C20H23N3O3/c24-20(19(23-10-1-2-11-23)16-4-3-8-21-13-16)22-9-7-15-5-6-17-18(12-15)26-14-25-17/h3-6,8,12-13,19H,1-2,7,9-11,14H2,(H,22,24)/t19-/m0/s1. The Hall–Kier alpha value is -2.60. The summed E-state index contributed by atoms with van der Waals surface area (Å²) in [6, 6.07) is 9.52. The molecule has 1 saturated heterocycles. The number of hydrogen-bond donors (Lipinski definition) is 1. The molecule has 1 N–H and O–H groups in total. The van der Waals surface area contributed by atoms with Crippen LogP contribution in [0.15, 0.2) is 42.7 Å². The molecular formula is C20H23N3O3. The minimum Gasteiger partial charge on any atom is -0.454 e. The molecule has 0 radical (unpaired) electrons. The molecule has 26 heavy (non-hydrogen) atoms. The van der Waals surface area contributed by atoms with Crippen LogP contribution in [0.4, 0.5) is 0 Å². The molecule has 3 heterocycles. The third-order valence-corrected chi connectivity index (χ3v) is 4.90. The maximum Gasteiger partial charge on any atom is 0.242 e. The van der Waals surface area contributed by atoms with E-state index >= 15 is 0 Å². The third-order valence-electron chi connectivity index (χ3n) is 4.90. The van der Waals surface area contributed by atoms with Crippen LogP contribution in [0.3, 0.4) is 0 Å². The molecular weight excluding hydrogens is 330 g/mol. The summed E-state index contributed by atoms with van der Waals surface area (Å²) in [4.78, 5) is 19.3. The van der Waals surface area contributed by atoms with Crippen LogP contribution in [0.1, 0.15) is 30.0 Å². The fourth-order valence-corrected chi connectivity index (χ4v) is 3.59. The molecule has 1 amide bonds. The summed E-state index contributed by atoms with van der Waals surface area (Å²) < 4.78 is 10.7. The number of ether oxygens (including phenoxy) is 2. The lowest BCUT2D eigenvalue weighted by Gasteiger charge is -2.26. The zero-order chi connectivity index (χ0) is 17.8. The van der Waals surface area contributed by atoms with E-state index in [4.69, 9.17) is 9.47 Å². The summed E-state index contributed by atoms with van der Waals surface area (Å²) in [5.74, 6) is 1.60. The number of likely N-dealkylation sites (tertiary alicyclic amines) is 1. The molecule has 1 atom stereocenters. The minimum absolute atomic E-state index is 0.0423. The van der Waals surface area contributed by atoms with Crippen molar-refractivity contribution in [3.8, 4) is 11.5 Å². The van der Waals surface area contributed by atoms with Gasteiger partial charge in [0.1, 0.15) is 6.04 Å². The monoisotopic (exact) mass is 353 g/mol. The first kappa shape index (κ1) is 16.8. The van der Waals surface area contributed by atoms with Crippen molar-refractivity contribution in [2.45, 2.75) is 25.3 Å². The van der Waals surface area contributed by atoms with Crippen molar-refractivity contribution < 1.29 is 14.3 Å². The van der Waals surface area contributed by atoms with E-state index in [1.807, 2.05) is 30.3 Å². The Bertz CT molecular complexity index is 760. The maximum absolute atomic E-state index is 12.9. The van der Waals surface area contributed by atoms with Crippen LogP contribution in [0.2, 0.25) is 0 Å². The van der Waals surface area contributed by atoms with Crippen LogP contribution in [-0.4, -0.2) is 42.2 Å². The smallest absolute Gasteiger partial charge is 0.242 e. The van der Waals surface area contributed by atoms with E-state index in [2.05, 4.69) is 15.2 Å². The number of fused-ring (bicyclic) bond motifs is 1. The van der Waals surface area contributed by atoms with Gasteiger partial charge in [-0.25, -0.2) is 0 Å². The molecule has 0 spiro atoms. The van der Waals surface area contributed by atoms with Crippen LogP contribution >= 0.6 is 0 Å². The van der Waals surface area contributed by atoms with E-state index in [9.17, 15) is 4.79 Å². The molecule has 1 aromatic carbocycles. The molecule has 136 valence electrons. The average molecular weight is 353 g/mol. The summed E-state index contributed by atoms with van der Waals surface area (Å²) in [7, 11) is 0. The van der Waals surface area contributed by atoms with Gasteiger partial charge in [0.05, 0.1) is 0 Å². The molecule has 6 nitrogen and oxygen atoms in total. The summed E-state index contributed by atoms with van der Waals surface area (Å²) in [6.45, 7) is 2.77. The highest BCUT2D eigenvalue weighted by atomic mass is 16.7. The van der Waals surface area contributed by atoms with Crippen molar-refractivity contribution in [3.63, 3.8) is 0 Å². The number of pyridine rings is 1. The number of hydrogen-bond acceptors (Lipinski definition) is 5. The van der Waals surface area contributed by atoms with Crippen molar-refractivity contribution in [2.24, 2.45) is 0 Å². The topological polar surface area (TPSA) is 63.7 Å². The Morgan fingerprint density at radius 3 is 2.85 bits per heavy atom. The summed E-state index contributed by atoms with van der Waals surface area (Å²) in [5.41, 5.74) is 2.07. The van der Waals surface area contributed by atoms with Gasteiger partial charge >= 0.3 is 0 Å². The lowest BCUT2D eigenvalue weighted by molar-refractivity contribution is -0.126. The van der Waals surface area contributed by atoms with Gasteiger partial charge in [-0.2, -0.15) is 0 Å².